The van der Waals surface area contributed by atoms with E-state index in [1.165, 1.54) is 4.90 Å². The lowest BCUT2D eigenvalue weighted by molar-refractivity contribution is 0.0589. The molecule has 1 amide bonds. The Kier molecular flexibility index (Phi) is 8.43. The Morgan fingerprint density at radius 3 is 2.26 bits per heavy atom. The summed E-state index contributed by atoms with van der Waals surface area (Å²) in [6.45, 7) is 7.30. The maximum atomic E-state index is 12.2. The predicted octanol–water partition coefficient (Wildman–Crippen LogP) is 4.75. The van der Waals surface area contributed by atoms with Gasteiger partial charge in [0.15, 0.2) is 0 Å². The third-order valence-electron chi connectivity index (χ3n) is 4.86. The van der Waals surface area contributed by atoms with Crippen molar-refractivity contribution in [3.63, 3.8) is 0 Å². The second kappa shape index (κ2) is 11.5. The smallest absolute Gasteiger partial charge is 0.414 e. The lowest BCUT2D eigenvalue weighted by Crippen LogP contribution is -2.34. The van der Waals surface area contributed by atoms with E-state index in [4.69, 9.17) is 15.2 Å². The van der Waals surface area contributed by atoms with Gasteiger partial charge in [-0.25, -0.2) is 4.79 Å². The third-order valence-corrected chi connectivity index (χ3v) is 4.86. The van der Waals surface area contributed by atoms with Gasteiger partial charge in [0, 0.05) is 19.3 Å². The molecule has 3 rings (SSSR count). The van der Waals surface area contributed by atoms with Crippen LogP contribution in [0.2, 0.25) is 0 Å². The Hall–Kier alpha value is -3.65. The van der Waals surface area contributed by atoms with E-state index >= 15 is 0 Å². The molecule has 180 valence electrons. The highest BCUT2D eigenvalue weighted by Crippen LogP contribution is 2.20. The molecule has 3 aromatic rings. The van der Waals surface area contributed by atoms with Crippen molar-refractivity contribution in [1.82, 2.24) is 15.0 Å². The first-order valence-corrected chi connectivity index (χ1v) is 11.3. The summed E-state index contributed by atoms with van der Waals surface area (Å²) in [6.07, 6.45) is 6.41. The van der Waals surface area contributed by atoms with Crippen LogP contribution in [0, 0.1) is 0 Å². The van der Waals surface area contributed by atoms with Crippen LogP contribution < -0.4 is 15.4 Å². The minimum Gasteiger partial charge on any atom is -0.487 e. The van der Waals surface area contributed by atoms with Crippen LogP contribution in [0.4, 0.5) is 10.5 Å². The van der Waals surface area contributed by atoms with Crippen molar-refractivity contribution in [1.29, 1.82) is 0 Å². The molecule has 0 fully saturated rings. The number of nitrogens with two attached hydrogens (primary N) is 1. The SMILES string of the molecule is CN(C(=O)OC(C)(C)C)c1ccc(/C=C/c2ccc(OCc3cn(CCCN)nn3)cc2)cc1. The van der Waals surface area contributed by atoms with Crippen molar-refractivity contribution in [3.8, 4) is 5.75 Å². The molecule has 1 heterocycles. The van der Waals surface area contributed by atoms with Crippen LogP contribution in [0.25, 0.3) is 12.2 Å². The summed E-state index contributed by atoms with van der Waals surface area (Å²) >= 11 is 0. The molecule has 0 saturated carbocycles. The van der Waals surface area contributed by atoms with Crippen LogP contribution in [0.15, 0.2) is 54.7 Å². The number of aromatic nitrogens is 3. The van der Waals surface area contributed by atoms with Crippen molar-refractivity contribution in [2.45, 2.75) is 45.9 Å². The predicted molar refractivity (Wildman–Crippen MR) is 134 cm³/mol. The zero-order chi connectivity index (χ0) is 24.6. The van der Waals surface area contributed by atoms with Gasteiger partial charge in [0.2, 0.25) is 0 Å². The first kappa shape index (κ1) is 25.0. The van der Waals surface area contributed by atoms with Crippen molar-refractivity contribution >= 4 is 23.9 Å². The number of ether oxygens (including phenoxy) is 2. The quantitative estimate of drug-likeness (QED) is 0.460. The monoisotopic (exact) mass is 463 g/mol. The molecule has 0 spiro atoms. The Morgan fingerprint density at radius 1 is 1.06 bits per heavy atom. The van der Waals surface area contributed by atoms with Crippen LogP contribution in [0.3, 0.4) is 0 Å². The molecule has 0 bridgehead atoms. The van der Waals surface area contributed by atoms with Crippen LogP contribution in [0.5, 0.6) is 5.75 Å². The molecule has 0 aliphatic rings. The van der Waals surface area contributed by atoms with Gasteiger partial charge in [0.1, 0.15) is 23.7 Å². The summed E-state index contributed by atoms with van der Waals surface area (Å²) in [5, 5.41) is 8.18. The zero-order valence-corrected chi connectivity index (χ0v) is 20.3. The maximum absolute atomic E-state index is 12.2. The number of carbonyl (C=O) groups is 1. The van der Waals surface area contributed by atoms with E-state index in [1.807, 2.05) is 87.7 Å². The van der Waals surface area contributed by atoms with E-state index in [0.717, 1.165) is 41.2 Å². The van der Waals surface area contributed by atoms with E-state index in [0.29, 0.717) is 13.2 Å². The topological polar surface area (TPSA) is 95.5 Å². The number of amides is 1. The Morgan fingerprint density at radius 2 is 1.68 bits per heavy atom. The lowest BCUT2D eigenvalue weighted by atomic mass is 10.1. The summed E-state index contributed by atoms with van der Waals surface area (Å²) in [4.78, 5) is 13.7. The Balaban J connectivity index is 1.51. The van der Waals surface area contributed by atoms with Gasteiger partial charge >= 0.3 is 6.09 Å². The molecule has 0 radical (unpaired) electrons. The van der Waals surface area contributed by atoms with Crippen molar-refractivity contribution in [3.05, 3.63) is 71.5 Å². The molecular formula is C26H33N5O3. The highest BCUT2D eigenvalue weighted by Gasteiger charge is 2.20. The van der Waals surface area contributed by atoms with Crippen LogP contribution in [-0.4, -0.2) is 40.3 Å². The minimum atomic E-state index is -0.529. The van der Waals surface area contributed by atoms with Gasteiger partial charge in [-0.05, 0) is 69.1 Å². The van der Waals surface area contributed by atoms with E-state index in [1.54, 1.807) is 11.7 Å². The number of benzene rings is 2. The van der Waals surface area contributed by atoms with Crippen LogP contribution >= 0.6 is 0 Å². The molecule has 34 heavy (non-hydrogen) atoms. The third kappa shape index (κ3) is 7.74. The summed E-state index contributed by atoms with van der Waals surface area (Å²) in [7, 11) is 1.70. The molecule has 0 aliphatic heterocycles. The van der Waals surface area contributed by atoms with E-state index in [9.17, 15) is 4.79 Å². The van der Waals surface area contributed by atoms with Crippen molar-refractivity contribution in [2.24, 2.45) is 5.73 Å². The largest absolute Gasteiger partial charge is 0.487 e. The first-order valence-electron chi connectivity index (χ1n) is 11.3. The van der Waals surface area contributed by atoms with Gasteiger partial charge < -0.3 is 15.2 Å². The summed E-state index contributed by atoms with van der Waals surface area (Å²) < 4.78 is 13.0. The number of aryl methyl sites for hydroxylation is 1. The highest BCUT2D eigenvalue weighted by molar-refractivity contribution is 5.87. The number of hydrogen-bond acceptors (Lipinski definition) is 6. The van der Waals surface area contributed by atoms with Crippen molar-refractivity contribution in [2.75, 3.05) is 18.5 Å². The molecule has 8 nitrogen and oxygen atoms in total. The van der Waals surface area contributed by atoms with Gasteiger partial charge in [0.05, 0.1) is 6.20 Å². The summed E-state index contributed by atoms with van der Waals surface area (Å²) in [5.41, 5.74) is 8.62. The molecule has 0 atom stereocenters. The summed E-state index contributed by atoms with van der Waals surface area (Å²) in [5.74, 6) is 0.767. The average molecular weight is 464 g/mol. The molecule has 1 aromatic heterocycles. The van der Waals surface area contributed by atoms with E-state index in [2.05, 4.69) is 10.3 Å². The van der Waals surface area contributed by atoms with E-state index in [-0.39, 0.29) is 6.09 Å². The Labute approximate surface area is 201 Å². The number of hydrogen-bond donors (Lipinski definition) is 1. The molecule has 2 N–H and O–H groups in total. The zero-order valence-electron chi connectivity index (χ0n) is 20.3. The molecule has 0 saturated heterocycles. The van der Waals surface area contributed by atoms with Gasteiger partial charge in [-0.15, -0.1) is 5.10 Å². The maximum Gasteiger partial charge on any atom is 0.414 e. The number of anilines is 1. The number of carbonyl (C=O) groups excluding carboxylic acids is 1. The highest BCUT2D eigenvalue weighted by atomic mass is 16.6. The Bertz CT molecular complexity index is 1080. The fourth-order valence-corrected chi connectivity index (χ4v) is 3.04. The standard InChI is InChI=1S/C26H33N5O3/c1-26(2,3)34-25(32)30(4)23-12-8-20(9-13-23)6-7-21-10-14-24(15-11-21)33-19-22-18-31(29-28-22)17-5-16-27/h6-15,18H,5,16-17,19,27H2,1-4H3/b7-6+. The normalized spacial score (nSPS) is 11.6. The average Bonchev–Trinajstić information content (AvgIpc) is 3.27. The molecular weight excluding hydrogens is 430 g/mol. The fourth-order valence-electron chi connectivity index (χ4n) is 3.04. The fraction of sp³-hybridized carbons (Fsp3) is 0.346. The van der Waals surface area contributed by atoms with E-state index < -0.39 is 5.60 Å². The second-order valence-electron chi connectivity index (χ2n) is 8.94. The molecule has 8 heteroatoms. The van der Waals surface area contributed by atoms with Gasteiger partial charge in [-0.3, -0.25) is 9.58 Å². The number of rotatable bonds is 9. The second-order valence-corrected chi connectivity index (χ2v) is 8.94. The van der Waals surface area contributed by atoms with Gasteiger partial charge in [-0.2, -0.15) is 0 Å². The van der Waals surface area contributed by atoms with Crippen molar-refractivity contribution < 1.29 is 14.3 Å². The van der Waals surface area contributed by atoms with Crippen LogP contribution in [-0.2, 0) is 17.9 Å². The summed E-state index contributed by atoms with van der Waals surface area (Å²) in [6, 6.07) is 15.6. The molecule has 0 aliphatic carbocycles. The van der Waals surface area contributed by atoms with Gasteiger partial charge in [-0.1, -0.05) is 41.6 Å². The van der Waals surface area contributed by atoms with Gasteiger partial charge in [0.25, 0.3) is 0 Å². The lowest BCUT2D eigenvalue weighted by Gasteiger charge is -2.24. The molecule has 2 aromatic carbocycles. The molecule has 0 unspecified atom stereocenters. The first-order chi connectivity index (χ1) is 16.2. The number of nitrogens with zero attached hydrogens (tertiary/aromatic N) is 4. The minimum absolute atomic E-state index is 0.363. The van der Waals surface area contributed by atoms with Crippen LogP contribution in [0.1, 0.15) is 44.0 Å².